The average molecular weight is 287 g/mol. The van der Waals surface area contributed by atoms with Gasteiger partial charge in [-0.1, -0.05) is 0 Å². The average Bonchev–Trinajstić information content (AvgIpc) is 2.93. The van der Waals surface area contributed by atoms with E-state index in [1.165, 1.54) is 12.8 Å². The number of aryl methyl sites for hydroxylation is 1. The minimum Gasteiger partial charge on any atom is -0.490 e. The van der Waals surface area contributed by atoms with Crippen molar-refractivity contribution in [3.8, 4) is 22.9 Å². The van der Waals surface area contributed by atoms with E-state index in [4.69, 9.17) is 9.47 Å². The second-order valence-corrected chi connectivity index (χ2v) is 5.08. The van der Waals surface area contributed by atoms with Crippen LogP contribution in [0.5, 0.6) is 11.5 Å². The normalized spacial score (nSPS) is 13.8. The van der Waals surface area contributed by atoms with Crippen molar-refractivity contribution in [1.29, 1.82) is 0 Å². The summed E-state index contributed by atoms with van der Waals surface area (Å²) in [6.07, 6.45) is 3.40. The number of fused-ring (bicyclic) bond motifs is 1. The third kappa shape index (κ3) is 2.73. The molecular formula is C16H21N3O2. The van der Waals surface area contributed by atoms with Gasteiger partial charge in [0.1, 0.15) is 5.82 Å². The lowest BCUT2D eigenvalue weighted by Gasteiger charge is -2.16. The molecule has 0 bridgehead atoms. The van der Waals surface area contributed by atoms with E-state index in [2.05, 4.69) is 14.8 Å². The van der Waals surface area contributed by atoms with E-state index >= 15 is 0 Å². The van der Waals surface area contributed by atoms with Gasteiger partial charge in [0.2, 0.25) is 0 Å². The van der Waals surface area contributed by atoms with Gasteiger partial charge in [-0.15, -0.1) is 10.2 Å². The van der Waals surface area contributed by atoms with Gasteiger partial charge < -0.3 is 14.0 Å². The summed E-state index contributed by atoms with van der Waals surface area (Å²) in [6.45, 7) is 6.18. The molecular weight excluding hydrogens is 266 g/mol. The number of hydrogen-bond acceptors (Lipinski definition) is 4. The van der Waals surface area contributed by atoms with Crippen molar-refractivity contribution in [3.63, 3.8) is 0 Å². The summed E-state index contributed by atoms with van der Waals surface area (Å²) < 4.78 is 13.5. The molecule has 2 aromatic rings. The first-order valence-electron chi connectivity index (χ1n) is 7.65. The Morgan fingerprint density at radius 1 is 1.05 bits per heavy atom. The summed E-state index contributed by atoms with van der Waals surface area (Å²) in [7, 11) is 0. The monoisotopic (exact) mass is 287 g/mol. The first kappa shape index (κ1) is 13.9. The minimum atomic E-state index is 0.613. The highest BCUT2D eigenvalue weighted by molar-refractivity contribution is 5.61. The molecule has 0 saturated carbocycles. The topological polar surface area (TPSA) is 49.2 Å². The second kappa shape index (κ2) is 6.16. The van der Waals surface area contributed by atoms with Crippen LogP contribution >= 0.6 is 0 Å². The summed E-state index contributed by atoms with van der Waals surface area (Å²) in [6, 6.07) is 5.98. The molecule has 21 heavy (non-hydrogen) atoms. The lowest BCUT2D eigenvalue weighted by Crippen LogP contribution is -2.11. The Morgan fingerprint density at radius 2 is 1.86 bits per heavy atom. The van der Waals surface area contributed by atoms with E-state index < -0.39 is 0 Å². The van der Waals surface area contributed by atoms with Crippen molar-refractivity contribution in [2.24, 2.45) is 0 Å². The minimum absolute atomic E-state index is 0.613. The first-order chi connectivity index (χ1) is 10.3. The Balaban J connectivity index is 1.98. The fourth-order valence-electron chi connectivity index (χ4n) is 2.71. The van der Waals surface area contributed by atoms with Crippen molar-refractivity contribution in [3.05, 3.63) is 24.0 Å². The molecule has 1 aliphatic rings. The lowest BCUT2D eigenvalue weighted by atomic mass is 10.1. The lowest BCUT2D eigenvalue weighted by molar-refractivity contribution is 0.288. The molecule has 0 N–H and O–H groups in total. The zero-order valence-electron chi connectivity index (χ0n) is 12.6. The molecule has 0 spiro atoms. The van der Waals surface area contributed by atoms with Crippen LogP contribution < -0.4 is 9.47 Å². The fourth-order valence-corrected chi connectivity index (χ4v) is 2.71. The van der Waals surface area contributed by atoms with Crippen LogP contribution in [0.1, 0.15) is 32.5 Å². The van der Waals surface area contributed by atoms with Crippen molar-refractivity contribution >= 4 is 0 Å². The number of aromatic nitrogens is 3. The molecule has 3 rings (SSSR count). The first-order valence-corrected chi connectivity index (χ1v) is 7.65. The van der Waals surface area contributed by atoms with Gasteiger partial charge in [0.25, 0.3) is 0 Å². The highest BCUT2D eigenvalue weighted by Gasteiger charge is 2.18. The Hall–Kier alpha value is -2.04. The summed E-state index contributed by atoms with van der Waals surface area (Å²) in [4.78, 5) is 0. The Morgan fingerprint density at radius 3 is 2.67 bits per heavy atom. The van der Waals surface area contributed by atoms with Gasteiger partial charge in [-0.3, -0.25) is 0 Å². The third-order valence-corrected chi connectivity index (χ3v) is 3.66. The van der Waals surface area contributed by atoms with Gasteiger partial charge in [0, 0.05) is 18.5 Å². The van der Waals surface area contributed by atoms with Crippen LogP contribution in [0.4, 0.5) is 0 Å². The number of ether oxygens (including phenoxy) is 2. The number of rotatable bonds is 5. The van der Waals surface area contributed by atoms with E-state index in [0.29, 0.717) is 13.2 Å². The zero-order valence-corrected chi connectivity index (χ0v) is 12.6. The summed E-state index contributed by atoms with van der Waals surface area (Å²) >= 11 is 0. The van der Waals surface area contributed by atoms with Gasteiger partial charge >= 0.3 is 0 Å². The standard InChI is InChI=1S/C16H21N3O2/c1-3-20-13-9-8-12(11-14(13)21-4-2)16-18-17-15-7-5-6-10-19(15)16/h8-9,11H,3-7,10H2,1-2H3. The number of benzene rings is 1. The Bertz CT molecular complexity index is 622. The van der Waals surface area contributed by atoms with Crippen LogP contribution in [0, 0.1) is 0 Å². The summed E-state index contributed by atoms with van der Waals surface area (Å²) in [5.41, 5.74) is 1.03. The molecule has 1 aromatic carbocycles. The quantitative estimate of drug-likeness (QED) is 0.848. The van der Waals surface area contributed by atoms with Crippen molar-refractivity contribution < 1.29 is 9.47 Å². The van der Waals surface area contributed by atoms with Crippen LogP contribution in [-0.2, 0) is 13.0 Å². The van der Waals surface area contributed by atoms with Crippen LogP contribution in [0.3, 0.4) is 0 Å². The van der Waals surface area contributed by atoms with Crippen molar-refractivity contribution in [2.75, 3.05) is 13.2 Å². The van der Waals surface area contributed by atoms with Crippen LogP contribution in [0.2, 0.25) is 0 Å². The molecule has 1 aromatic heterocycles. The molecule has 0 amide bonds. The van der Waals surface area contributed by atoms with Gasteiger partial charge in [0.15, 0.2) is 17.3 Å². The fraction of sp³-hybridized carbons (Fsp3) is 0.500. The molecule has 0 fully saturated rings. The second-order valence-electron chi connectivity index (χ2n) is 5.08. The number of hydrogen-bond donors (Lipinski definition) is 0. The van der Waals surface area contributed by atoms with E-state index in [1.54, 1.807) is 0 Å². The van der Waals surface area contributed by atoms with Gasteiger partial charge in [-0.2, -0.15) is 0 Å². The third-order valence-electron chi connectivity index (χ3n) is 3.66. The maximum atomic E-state index is 5.69. The summed E-state index contributed by atoms with van der Waals surface area (Å²) in [5.74, 6) is 3.56. The predicted molar refractivity (Wildman–Crippen MR) is 80.7 cm³/mol. The maximum Gasteiger partial charge on any atom is 0.164 e. The van der Waals surface area contributed by atoms with E-state index in [0.717, 1.165) is 41.7 Å². The van der Waals surface area contributed by atoms with Crippen molar-refractivity contribution in [2.45, 2.75) is 39.7 Å². The maximum absolute atomic E-state index is 5.69. The number of nitrogens with zero attached hydrogens (tertiary/aromatic N) is 3. The molecule has 5 heteroatoms. The predicted octanol–water partition coefficient (Wildman–Crippen LogP) is 3.08. The van der Waals surface area contributed by atoms with Gasteiger partial charge in [-0.25, -0.2) is 0 Å². The smallest absolute Gasteiger partial charge is 0.164 e. The Labute approximate surface area is 124 Å². The molecule has 112 valence electrons. The molecule has 2 heterocycles. The largest absolute Gasteiger partial charge is 0.490 e. The zero-order chi connectivity index (χ0) is 14.7. The molecule has 0 atom stereocenters. The molecule has 5 nitrogen and oxygen atoms in total. The van der Waals surface area contributed by atoms with Crippen molar-refractivity contribution in [1.82, 2.24) is 14.8 Å². The highest BCUT2D eigenvalue weighted by Crippen LogP contribution is 2.33. The van der Waals surface area contributed by atoms with E-state index in [1.807, 2.05) is 32.0 Å². The van der Waals surface area contributed by atoms with Crippen LogP contribution in [0.15, 0.2) is 18.2 Å². The highest BCUT2D eigenvalue weighted by atomic mass is 16.5. The van der Waals surface area contributed by atoms with E-state index in [-0.39, 0.29) is 0 Å². The Kier molecular flexibility index (Phi) is 4.08. The molecule has 0 aliphatic carbocycles. The van der Waals surface area contributed by atoms with E-state index in [9.17, 15) is 0 Å². The van der Waals surface area contributed by atoms with Crippen LogP contribution in [0.25, 0.3) is 11.4 Å². The van der Waals surface area contributed by atoms with Crippen LogP contribution in [-0.4, -0.2) is 28.0 Å². The molecule has 0 radical (unpaired) electrons. The molecule has 0 saturated heterocycles. The summed E-state index contributed by atoms with van der Waals surface area (Å²) in [5, 5.41) is 8.67. The van der Waals surface area contributed by atoms with Gasteiger partial charge in [-0.05, 0) is 44.9 Å². The van der Waals surface area contributed by atoms with Gasteiger partial charge in [0.05, 0.1) is 13.2 Å². The molecule has 0 unspecified atom stereocenters. The molecule has 1 aliphatic heterocycles. The SMILES string of the molecule is CCOc1ccc(-c2nnc3n2CCCC3)cc1OCC.